The molecule has 0 fully saturated rings. The summed E-state index contributed by atoms with van der Waals surface area (Å²) in [5, 5.41) is 5.96. The third-order valence-electron chi connectivity index (χ3n) is 3.54. The lowest BCUT2D eigenvalue weighted by Crippen LogP contribution is -2.29. The first-order chi connectivity index (χ1) is 11.5. The van der Waals surface area contributed by atoms with Crippen molar-refractivity contribution in [2.45, 2.75) is 6.92 Å². The van der Waals surface area contributed by atoms with Gasteiger partial charge in [0.2, 0.25) is 0 Å². The maximum atomic E-state index is 12.1. The van der Waals surface area contributed by atoms with E-state index in [1.54, 1.807) is 42.6 Å². The second kappa shape index (κ2) is 6.37. The molecule has 0 atom stereocenters. The van der Waals surface area contributed by atoms with Crippen LogP contribution in [0.1, 0.15) is 5.56 Å². The highest BCUT2D eigenvalue weighted by Crippen LogP contribution is 2.21. The van der Waals surface area contributed by atoms with Gasteiger partial charge < -0.3 is 16.4 Å². The van der Waals surface area contributed by atoms with Crippen LogP contribution in [0.5, 0.6) is 0 Å². The number of anilines is 3. The fourth-order valence-electron chi connectivity index (χ4n) is 2.36. The quantitative estimate of drug-likeness (QED) is 0.499. The first kappa shape index (κ1) is 15.5. The van der Waals surface area contributed by atoms with Gasteiger partial charge in [0.25, 0.3) is 0 Å². The number of para-hydroxylation sites is 1. The SMILES string of the molecule is Cc1ccc(NC(=O)C(=O)Nc2cccc3cccnc23)c(N)c1. The monoisotopic (exact) mass is 320 g/mol. The van der Waals surface area contributed by atoms with Crippen LogP contribution in [0.2, 0.25) is 0 Å². The minimum absolute atomic E-state index is 0.400. The van der Waals surface area contributed by atoms with Gasteiger partial charge in [-0.1, -0.05) is 24.3 Å². The standard InChI is InChI=1S/C18H16N4O2/c1-11-7-8-14(13(19)10-11)21-17(23)18(24)22-15-6-2-4-12-5-3-9-20-16(12)15/h2-10H,19H2,1H3,(H,21,23)(H,22,24). The van der Waals surface area contributed by atoms with E-state index in [9.17, 15) is 9.59 Å². The van der Waals surface area contributed by atoms with Crippen molar-refractivity contribution >= 4 is 39.8 Å². The van der Waals surface area contributed by atoms with Crippen LogP contribution in [0.3, 0.4) is 0 Å². The number of hydrogen-bond donors (Lipinski definition) is 3. The fourth-order valence-corrected chi connectivity index (χ4v) is 2.36. The number of nitrogens with zero attached hydrogens (tertiary/aromatic N) is 1. The molecular weight excluding hydrogens is 304 g/mol. The first-order valence-electron chi connectivity index (χ1n) is 7.37. The third kappa shape index (κ3) is 3.17. The zero-order valence-corrected chi connectivity index (χ0v) is 13.0. The van der Waals surface area contributed by atoms with Gasteiger partial charge in [-0.05, 0) is 36.8 Å². The molecule has 0 unspecified atom stereocenters. The molecule has 120 valence electrons. The van der Waals surface area contributed by atoms with Crippen LogP contribution < -0.4 is 16.4 Å². The van der Waals surface area contributed by atoms with Crippen molar-refractivity contribution < 1.29 is 9.59 Å². The second-order valence-electron chi connectivity index (χ2n) is 5.38. The number of pyridine rings is 1. The number of nitrogens with one attached hydrogen (secondary N) is 2. The number of amides is 2. The van der Waals surface area contributed by atoms with Crippen molar-refractivity contribution in [3.8, 4) is 0 Å². The van der Waals surface area contributed by atoms with Crippen molar-refractivity contribution in [2.75, 3.05) is 16.4 Å². The molecule has 4 N–H and O–H groups in total. The number of fused-ring (bicyclic) bond motifs is 1. The molecule has 0 radical (unpaired) electrons. The lowest BCUT2D eigenvalue weighted by molar-refractivity contribution is -0.132. The number of aryl methyl sites for hydroxylation is 1. The number of rotatable bonds is 2. The summed E-state index contributed by atoms with van der Waals surface area (Å²) in [5.74, 6) is -1.58. The Balaban J connectivity index is 1.77. The Morgan fingerprint density at radius 1 is 0.958 bits per heavy atom. The van der Waals surface area contributed by atoms with E-state index in [1.807, 2.05) is 19.1 Å². The number of nitrogens with two attached hydrogens (primary N) is 1. The maximum absolute atomic E-state index is 12.1. The molecule has 0 aliphatic rings. The minimum atomic E-state index is -0.793. The lowest BCUT2D eigenvalue weighted by atomic mass is 10.2. The lowest BCUT2D eigenvalue weighted by Gasteiger charge is -2.10. The molecule has 24 heavy (non-hydrogen) atoms. The summed E-state index contributed by atoms with van der Waals surface area (Å²) in [6, 6.07) is 14.2. The molecule has 2 aromatic carbocycles. The maximum Gasteiger partial charge on any atom is 0.314 e. The predicted molar refractivity (Wildman–Crippen MR) is 94.6 cm³/mol. The molecule has 1 aromatic heterocycles. The van der Waals surface area contributed by atoms with Crippen LogP contribution in [0, 0.1) is 6.92 Å². The van der Waals surface area contributed by atoms with Gasteiger partial charge in [-0.25, -0.2) is 0 Å². The average Bonchev–Trinajstić information content (AvgIpc) is 2.57. The van der Waals surface area contributed by atoms with Crippen molar-refractivity contribution in [3.05, 3.63) is 60.3 Å². The average molecular weight is 320 g/mol. The molecule has 0 bridgehead atoms. The van der Waals surface area contributed by atoms with Crippen LogP contribution in [-0.4, -0.2) is 16.8 Å². The van der Waals surface area contributed by atoms with Crippen LogP contribution in [0.25, 0.3) is 10.9 Å². The third-order valence-corrected chi connectivity index (χ3v) is 3.54. The van der Waals surface area contributed by atoms with E-state index in [2.05, 4.69) is 15.6 Å². The van der Waals surface area contributed by atoms with E-state index in [1.165, 1.54) is 0 Å². The molecule has 6 nitrogen and oxygen atoms in total. The first-order valence-corrected chi connectivity index (χ1v) is 7.37. The van der Waals surface area contributed by atoms with E-state index < -0.39 is 11.8 Å². The normalized spacial score (nSPS) is 10.4. The Hall–Kier alpha value is -3.41. The van der Waals surface area contributed by atoms with Crippen LogP contribution >= 0.6 is 0 Å². The molecule has 3 rings (SSSR count). The second-order valence-corrected chi connectivity index (χ2v) is 5.38. The smallest absolute Gasteiger partial charge is 0.314 e. The van der Waals surface area contributed by atoms with Gasteiger partial charge in [0.1, 0.15) is 0 Å². The van der Waals surface area contributed by atoms with E-state index in [0.29, 0.717) is 22.6 Å². The molecule has 0 spiro atoms. The zero-order valence-electron chi connectivity index (χ0n) is 13.0. The van der Waals surface area contributed by atoms with Crippen molar-refractivity contribution in [3.63, 3.8) is 0 Å². The number of benzene rings is 2. The van der Waals surface area contributed by atoms with Crippen molar-refractivity contribution in [2.24, 2.45) is 0 Å². The van der Waals surface area contributed by atoms with E-state index >= 15 is 0 Å². The number of hydrogen-bond acceptors (Lipinski definition) is 4. The van der Waals surface area contributed by atoms with Gasteiger partial charge in [0, 0.05) is 11.6 Å². The molecule has 0 saturated heterocycles. The molecule has 6 heteroatoms. The summed E-state index contributed by atoms with van der Waals surface area (Å²) in [6.45, 7) is 1.89. The highest BCUT2D eigenvalue weighted by atomic mass is 16.2. The number of carbonyl (C=O) groups is 2. The Morgan fingerprint density at radius 3 is 2.42 bits per heavy atom. The number of carbonyl (C=O) groups excluding carboxylic acids is 2. The Labute approximate surface area is 138 Å². The van der Waals surface area contributed by atoms with Crippen molar-refractivity contribution in [1.29, 1.82) is 0 Å². The highest BCUT2D eigenvalue weighted by Gasteiger charge is 2.16. The fraction of sp³-hybridized carbons (Fsp3) is 0.0556. The predicted octanol–water partition coefficient (Wildman–Crippen LogP) is 2.70. The van der Waals surface area contributed by atoms with Crippen LogP contribution in [-0.2, 0) is 9.59 Å². The Morgan fingerprint density at radius 2 is 1.67 bits per heavy atom. The summed E-state index contributed by atoms with van der Waals surface area (Å²) in [7, 11) is 0. The molecule has 0 saturated carbocycles. The molecule has 1 heterocycles. The minimum Gasteiger partial charge on any atom is -0.397 e. The molecule has 0 aliphatic heterocycles. The Kier molecular flexibility index (Phi) is 4.11. The van der Waals surface area contributed by atoms with E-state index in [0.717, 1.165) is 10.9 Å². The largest absolute Gasteiger partial charge is 0.397 e. The van der Waals surface area contributed by atoms with Gasteiger partial charge in [-0.3, -0.25) is 14.6 Å². The summed E-state index contributed by atoms with van der Waals surface area (Å²) < 4.78 is 0. The van der Waals surface area contributed by atoms with Crippen molar-refractivity contribution in [1.82, 2.24) is 4.98 Å². The van der Waals surface area contributed by atoms with E-state index in [4.69, 9.17) is 5.73 Å². The van der Waals surface area contributed by atoms with Gasteiger partial charge >= 0.3 is 11.8 Å². The molecular formula is C18H16N4O2. The molecule has 2 amide bonds. The highest BCUT2D eigenvalue weighted by molar-refractivity contribution is 6.44. The van der Waals surface area contributed by atoms with Crippen LogP contribution in [0.15, 0.2) is 54.7 Å². The zero-order chi connectivity index (χ0) is 17.1. The summed E-state index contributed by atoms with van der Waals surface area (Å²) in [4.78, 5) is 28.5. The van der Waals surface area contributed by atoms with Crippen LogP contribution in [0.4, 0.5) is 17.1 Å². The van der Waals surface area contributed by atoms with Gasteiger partial charge in [0.05, 0.1) is 22.6 Å². The molecule has 0 aliphatic carbocycles. The summed E-state index contributed by atoms with van der Waals surface area (Å²) in [5.41, 5.74) is 8.71. The van der Waals surface area contributed by atoms with E-state index in [-0.39, 0.29) is 0 Å². The topological polar surface area (TPSA) is 97.1 Å². The number of nitrogen functional groups attached to an aromatic ring is 1. The summed E-state index contributed by atoms with van der Waals surface area (Å²) >= 11 is 0. The molecule has 3 aromatic rings. The number of aromatic nitrogens is 1. The van der Waals surface area contributed by atoms with Gasteiger partial charge in [0.15, 0.2) is 0 Å². The summed E-state index contributed by atoms with van der Waals surface area (Å²) in [6.07, 6.45) is 1.63. The Bertz CT molecular complexity index is 932. The van der Waals surface area contributed by atoms with Gasteiger partial charge in [-0.2, -0.15) is 0 Å². The van der Waals surface area contributed by atoms with Gasteiger partial charge in [-0.15, -0.1) is 0 Å².